The molecule has 1 heterocycles. The molecule has 0 radical (unpaired) electrons. The molecule has 25 heavy (non-hydrogen) atoms. The van der Waals surface area contributed by atoms with Crippen molar-refractivity contribution in [2.45, 2.75) is 26.7 Å². The highest BCUT2D eigenvalue weighted by Gasteiger charge is 2.20. The summed E-state index contributed by atoms with van der Waals surface area (Å²) in [4.78, 5) is 24.8. The molecule has 0 N–H and O–H groups in total. The van der Waals surface area contributed by atoms with Gasteiger partial charge in [-0.25, -0.2) is 4.79 Å². The summed E-state index contributed by atoms with van der Waals surface area (Å²) in [6, 6.07) is 16.2. The number of carbonyl (C=O) groups is 1. The molecule has 0 spiro atoms. The Kier molecular flexibility index (Phi) is 4.98. The van der Waals surface area contributed by atoms with Crippen molar-refractivity contribution in [3.63, 3.8) is 0 Å². The van der Waals surface area contributed by atoms with Crippen LogP contribution in [0.15, 0.2) is 63.8 Å². The Labute approximate surface area is 146 Å². The van der Waals surface area contributed by atoms with E-state index < -0.39 is 5.63 Å². The van der Waals surface area contributed by atoms with Gasteiger partial charge in [0.2, 0.25) is 0 Å². The maximum atomic E-state index is 12.5. The first kappa shape index (κ1) is 17.0. The molecule has 0 atom stereocenters. The highest BCUT2D eigenvalue weighted by atomic mass is 16.5. The Hall–Kier alpha value is -2.88. The molecule has 0 aliphatic heterocycles. The Bertz CT molecular complexity index is 939. The molecule has 0 fully saturated rings. The van der Waals surface area contributed by atoms with Crippen molar-refractivity contribution in [1.82, 2.24) is 0 Å². The van der Waals surface area contributed by atoms with Crippen molar-refractivity contribution in [3.8, 4) is 16.9 Å². The van der Waals surface area contributed by atoms with Crippen molar-refractivity contribution >= 4 is 16.9 Å². The van der Waals surface area contributed by atoms with Crippen LogP contribution >= 0.6 is 0 Å². The molecule has 4 heteroatoms. The van der Waals surface area contributed by atoms with Crippen LogP contribution in [-0.4, -0.2) is 5.97 Å². The van der Waals surface area contributed by atoms with Crippen LogP contribution in [0.1, 0.15) is 26.7 Å². The topological polar surface area (TPSA) is 56.5 Å². The van der Waals surface area contributed by atoms with Crippen molar-refractivity contribution in [2.75, 3.05) is 0 Å². The second-order valence-corrected chi connectivity index (χ2v) is 6.36. The molecule has 1 aromatic heterocycles. The fourth-order valence-corrected chi connectivity index (χ4v) is 2.65. The summed E-state index contributed by atoms with van der Waals surface area (Å²) in [7, 11) is 0. The van der Waals surface area contributed by atoms with E-state index in [2.05, 4.69) is 13.8 Å². The standard InChI is InChI=1S/C21H20O4/c1-14(2)12-13-18(22)25-20-16-10-6-7-11-17(16)24-21(23)19(20)15-8-4-3-5-9-15/h3-11,14H,12-13H2,1-2H3. The number of hydrogen-bond donors (Lipinski definition) is 0. The van der Waals surface area contributed by atoms with Crippen LogP contribution in [0.5, 0.6) is 5.75 Å². The number of para-hydroxylation sites is 1. The summed E-state index contributed by atoms with van der Waals surface area (Å²) in [6.07, 6.45) is 1.04. The van der Waals surface area contributed by atoms with Gasteiger partial charge in [0, 0.05) is 6.42 Å². The summed E-state index contributed by atoms with van der Waals surface area (Å²) < 4.78 is 11.1. The maximum absolute atomic E-state index is 12.5. The van der Waals surface area contributed by atoms with Crippen molar-refractivity contribution in [1.29, 1.82) is 0 Å². The molecule has 4 nitrogen and oxygen atoms in total. The molecule has 0 bridgehead atoms. The maximum Gasteiger partial charge on any atom is 0.348 e. The van der Waals surface area contributed by atoms with Gasteiger partial charge in [0.15, 0.2) is 5.75 Å². The number of ether oxygens (including phenoxy) is 1. The summed E-state index contributed by atoms with van der Waals surface area (Å²) in [6.45, 7) is 4.10. The van der Waals surface area contributed by atoms with Crippen molar-refractivity contribution in [2.24, 2.45) is 5.92 Å². The molecule has 3 rings (SSSR count). The summed E-state index contributed by atoms with van der Waals surface area (Å²) in [5.74, 6) is 0.326. The molecular weight excluding hydrogens is 316 g/mol. The summed E-state index contributed by atoms with van der Waals surface area (Å²) in [5, 5.41) is 0.610. The first-order valence-corrected chi connectivity index (χ1v) is 8.38. The third kappa shape index (κ3) is 3.79. The predicted molar refractivity (Wildman–Crippen MR) is 97.6 cm³/mol. The van der Waals surface area contributed by atoms with E-state index in [0.717, 1.165) is 6.42 Å². The van der Waals surface area contributed by atoms with E-state index in [1.54, 1.807) is 30.3 Å². The smallest absolute Gasteiger partial charge is 0.348 e. The Balaban J connectivity index is 2.13. The number of esters is 1. The lowest BCUT2D eigenvalue weighted by molar-refractivity contribution is -0.134. The molecule has 0 saturated heterocycles. The molecule has 0 saturated carbocycles. The lowest BCUT2D eigenvalue weighted by Crippen LogP contribution is -2.13. The monoisotopic (exact) mass is 336 g/mol. The van der Waals surface area contributed by atoms with Crippen LogP contribution in [-0.2, 0) is 4.79 Å². The number of rotatable bonds is 5. The molecule has 128 valence electrons. The van der Waals surface area contributed by atoms with Gasteiger partial charge in [-0.1, -0.05) is 56.3 Å². The zero-order chi connectivity index (χ0) is 17.8. The predicted octanol–water partition coefficient (Wildman–Crippen LogP) is 4.80. The minimum atomic E-state index is -0.517. The Morgan fingerprint density at radius 3 is 2.44 bits per heavy atom. The van der Waals surface area contributed by atoms with Gasteiger partial charge in [-0.2, -0.15) is 0 Å². The molecule has 0 amide bonds. The zero-order valence-electron chi connectivity index (χ0n) is 14.3. The number of benzene rings is 2. The van der Waals surface area contributed by atoms with Gasteiger partial charge in [-0.15, -0.1) is 0 Å². The third-order valence-corrected chi connectivity index (χ3v) is 3.97. The van der Waals surface area contributed by atoms with Gasteiger partial charge in [0.1, 0.15) is 11.1 Å². The second kappa shape index (κ2) is 7.34. The fourth-order valence-electron chi connectivity index (χ4n) is 2.65. The van der Waals surface area contributed by atoms with E-state index in [9.17, 15) is 9.59 Å². The van der Waals surface area contributed by atoms with E-state index in [1.165, 1.54) is 0 Å². The number of hydrogen-bond acceptors (Lipinski definition) is 4. The molecule has 0 aliphatic rings. The average Bonchev–Trinajstić information content (AvgIpc) is 2.60. The molecule has 0 unspecified atom stereocenters. The highest BCUT2D eigenvalue weighted by Crippen LogP contribution is 2.34. The zero-order valence-corrected chi connectivity index (χ0v) is 14.3. The van der Waals surface area contributed by atoms with Crippen LogP contribution < -0.4 is 10.4 Å². The molecule has 3 aromatic rings. The van der Waals surface area contributed by atoms with Crippen molar-refractivity contribution < 1.29 is 13.9 Å². The normalized spacial score (nSPS) is 11.0. The van der Waals surface area contributed by atoms with Crippen LogP contribution in [0, 0.1) is 5.92 Å². The van der Waals surface area contributed by atoms with Gasteiger partial charge in [-0.3, -0.25) is 4.79 Å². The Morgan fingerprint density at radius 1 is 1.04 bits per heavy atom. The summed E-state index contributed by atoms with van der Waals surface area (Å²) >= 11 is 0. The van der Waals surface area contributed by atoms with Crippen molar-refractivity contribution in [3.05, 3.63) is 65.0 Å². The Morgan fingerprint density at radius 2 is 1.72 bits per heavy atom. The van der Waals surface area contributed by atoms with E-state index >= 15 is 0 Å². The lowest BCUT2D eigenvalue weighted by Gasteiger charge is -2.12. The van der Waals surface area contributed by atoms with Gasteiger partial charge in [0.25, 0.3) is 0 Å². The average molecular weight is 336 g/mol. The van der Waals surface area contributed by atoms with E-state index in [-0.39, 0.29) is 17.3 Å². The van der Waals surface area contributed by atoms with Gasteiger partial charge >= 0.3 is 11.6 Å². The second-order valence-electron chi connectivity index (χ2n) is 6.36. The van der Waals surface area contributed by atoms with E-state index in [4.69, 9.17) is 9.15 Å². The molecule has 0 aliphatic carbocycles. The first-order chi connectivity index (χ1) is 12.1. The number of carbonyl (C=O) groups excluding carboxylic acids is 1. The minimum absolute atomic E-state index is 0.270. The van der Waals surface area contributed by atoms with E-state index in [1.807, 2.05) is 24.3 Å². The van der Waals surface area contributed by atoms with Gasteiger partial charge < -0.3 is 9.15 Å². The largest absolute Gasteiger partial charge is 0.425 e. The number of fused-ring (bicyclic) bond motifs is 1. The lowest BCUT2D eigenvalue weighted by atomic mass is 10.0. The van der Waals surface area contributed by atoms with Crippen LogP contribution in [0.25, 0.3) is 22.1 Å². The first-order valence-electron chi connectivity index (χ1n) is 8.38. The third-order valence-electron chi connectivity index (χ3n) is 3.97. The van der Waals surface area contributed by atoms with E-state index in [0.29, 0.717) is 28.9 Å². The van der Waals surface area contributed by atoms with Gasteiger partial charge in [-0.05, 0) is 30.0 Å². The molecule has 2 aromatic carbocycles. The summed E-state index contributed by atoms with van der Waals surface area (Å²) in [5.41, 5.74) is 0.821. The van der Waals surface area contributed by atoms with Crippen LogP contribution in [0.4, 0.5) is 0 Å². The van der Waals surface area contributed by atoms with Crippen LogP contribution in [0.3, 0.4) is 0 Å². The SMILES string of the molecule is CC(C)CCC(=O)Oc1c(-c2ccccc2)c(=O)oc2ccccc12. The van der Waals surface area contributed by atoms with Gasteiger partial charge in [0.05, 0.1) is 5.39 Å². The minimum Gasteiger partial charge on any atom is -0.425 e. The highest BCUT2D eigenvalue weighted by molar-refractivity contribution is 5.93. The molecular formula is C21H20O4. The van der Waals surface area contributed by atoms with Crippen LogP contribution in [0.2, 0.25) is 0 Å². The fraction of sp³-hybridized carbons (Fsp3) is 0.238. The quantitative estimate of drug-likeness (QED) is 0.496.